The summed E-state index contributed by atoms with van der Waals surface area (Å²) in [5.74, 6) is -0.0900. The molecule has 0 aromatic carbocycles. The van der Waals surface area contributed by atoms with E-state index >= 15 is 0 Å². The smallest absolute Gasteiger partial charge is 0.240 e. The fraction of sp³-hybridized carbons (Fsp3) is 0.923. The fourth-order valence-corrected chi connectivity index (χ4v) is 3.50. The van der Waals surface area contributed by atoms with Crippen LogP contribution in [0, 0.1) is 0 Å². The van der Waals surface area contributed by atoms with Crippen LogP contribution in [0.15, 0.2) is 0 Å². The lowest BCUT2D eigenvalue weighted by Gasteiger charge is -2.40. The maximum atomic E-state index is 12.4. The highest BCUT2D eigenvalue weighted by atomic mass is 32.2. The van der Waals surface area contributed by atoms with Crippen molar-refractivity contribution in [2.75, 3.05) is 39.0 Å². The van der Waals surface area contributed by atoms with Crippen LogP contribution in [0.5, 0.6) is 0 Å². The van der Waals surface area contributed by atoms with Crippen LogP contribution in [0.4, 0.5) is 0 Å². The van der Waals surface area contributed by atoms with Crippen LogP contribution in [0.25, 0.3) is 0 Å². The first kappa shape index (κ1) is 18.3. The normalized spacial score (nSPS) is 18.5. The van der Waals surface area contributed by atoms with Gasteiger partial charge in [0.15, 0.2) is 0 Å². The predicted octanol–water partition coefficient (Wildman–Crippen LogP) is -0.886. The van der Waals surface area contributed by atoms with Crippen molar-refractivity contribution in [3.05, 3.63) is 0 Å². The third-order valence-electron chi connectivity index (χ3n) is 3.62. The summed E-state index contributed by atoms with van der Waals surface area (Å²) in [4.78, 5) is 14.6. The lowest BCUT2D eigenvalue weighted by Crippen LogP contribution is -2.61. The van der Waals surface area contributed by atoms with Gasteiger partial charge in [-0.2, -0.15) is 0 Å². The van der Waals surface area contributed by atoms with Crippen LogP contribution >= 0.6 is 0 Å². The van der Waals surface area contributed by atoms with Gasteiger partial charge in [-0.1, -0.05) is 0 Å². The molecule has 8 heteroatoms. The molecule has 1 aliphatic rings. The van der Waals surface area contributed by atoms with Gasteiger partial charge in [-0.3, -0.25) is 9.69 Å². The lowest BCUT2D eigenvalue weighted by atomic mass is 9.99. The molecule has 3 N–H and O–H groups in total. The second kappa shape index (κ2) is 6.60. The zero-order valence-electron chi connectivity index (χ0n) is 13.6. The van der Waals surface area contributed by atoms with Gasteiger partial charge in [0.1, 0.15) is 0 Å². The maximum absolute atomic E-state index is 12.4. The minimum Gasteiger partial charge on any atom is -0.353 e. The van der Waals surface area contributed by atoms with Gasteiger partial charge >= 0.3 is 0 Å². The molecular weight excluding hydrogens is 292 g/mol. The SMILES string of the molecule is CC(C)(CNC(=O)C(C)(C)N1CCNCC1)NS(C)(=O)=O. The number of piperazine rings is 1. The van der Waals surface area contributed by atoms with Gasteiger partial charge < -0.3 is 10.6 Å². The molecule has 1 aliphatic heterocycles. The molecule has 1 saturated heterocycles. The van der Waals surface area contributed by atoms with E-state index in [9.17, 15) is 13.2 Å². The summed E-state index contributed by atoms with van der Waals surface area (Å²) in [6, 6.07) is 0. The Hall–Kier alpha value is -0.700. The largest absolute Gasteiger partial charge is 0.353 e. The van der Waals surface area contributed by atoms with Gasteiger partial charge in [-0.25, -0.2) is 13.1 Å². The van der Waals surface area contributed by atoms with E-state index in [1.165, 1.54) is 0 Å². The Morgan fingerprint density at radius 1 is 1.19 bits per heavy atom. The maximum Gasteiger partial charge on any atom is 0.240 e. The van der Waals surface area contributed by atoms with Crippen molar-refractivity contribution in [1.29, 1.82) is 0 Å². The Morgan fingerprint density at radius 2 is 1.71 bits per heavy atom. The molecule has 1 amide bonds. The summed E-state index contributed by atoms with van der Waals surface area (Å²) in [6.07, 6.45) is 1.11. The fourth-order valence-electron chi connectivity index (χ4n) is 2.42. The zero-order chi connectivity index (χ0) is 16.3. The van der Waals surface area contributed by atoms with Crippen LogP contribution in [0.3, 0.4) is 0 Å². The first-order valence-electron chi connectivity index (χ1n) is 7.17. The summed E-state index contributed by atoms with van der Waals surface area (Å²) in [6.45, 7) is 10.9. The van der Waals surface area contributed by atoms with Crippen LogP contribution in [-0.2, 0) is 14.8 Å². The Kier molecular flexibility index (Phi) is 5.76. The number of sulfonamides is 1. The average Bonchev–Trinajstić information content (AvgIpc) is 2.34. The number of hydrogen-bond donors (Lipinski definition) is 3. The highest BCUT2D eigenvalue weighted by Gasteiger charge is 2.36. The number of carbonyl (C=O) groups excluding carboxylic acids is 1. The molecule has 0 unspecified atom stereocenters. The molecule has 1 fully saturated rings. The van der Waals surface area contributed by atoms with Crippen molar-refractivity contribution < 1.29 is 13.2 Å². The highest BCUT2D eigenvalue weighted by molar-refractivity contribution is 7.88. The summed E-state index contributed by atoms with van der Waals surface area (Å²) < 4.78 is 25.1. The minimum absolute atomic E-state index is 0.0900. The van der Waals surface area contributed by atoms with Gasteiger partial charge in [0.25, 0.3) is 0 Å². The molecule has 7 nitrogen and oxygen atoms in total. The molecule has 0 atom stereocenters. The van der Waals surface area contributed by atoms with E-state index in [1.54, 1.807) is 13.8 Å². The van der Waals surface area contributed by atoms with E-state index in [0.717, 1.165) is 32.4 Å². The Bertz CT molecular complexity index is 468. The van der Waals surface area contributed by atoms with E-state index < -0.39 is 21.1 Å². The van der Waals surface area contributed by atoms with Crippen molar-refractivity contribution in [1.82, 2.24) is 20.3 Å². The molecule has 0 spiro atoms. The van der Waals surface area contributed by atoms with E-state index in [1.807, 2.05) is 13.8 Å². The van der Waals surface area contributed by atoms with Crippen molar-refractivity contribution in [3.63, 3.8) is 0 Å². The predicted molar refractivity (Wildman–Crippen MR) is 83.6 cm³/mol. The Labute approximate surface area is 127 Å². The topological polar surface area (TPSA) is 90.5 Å². The third kappa shape index (κ3) is 5.90. The molecule has 21 heavy (non-hydrogen) atoms. The third-order valence-corrected chi connectivity index (χ3v) is 4.54. The van der Waals surface area contributed by atoms with E-state index in [2.05, 4.69) is 20.3 Å². The lowest BCUT2D eigenvalue weighted by molar-refractivity contribution is -0.132. The minimum atomic E-state index is -3.31. The molecule has 0 aromatic heterocycles. The molecule has 0 radical (unpaired) electrons. The first-order chi connectivity index (χ1) is 9.44. The quantitative estimate of drug-likeness (QED) is 0.591. The van der Waals surface area contributed by atoms with E-state index in [0.29, 0.717) is 0 Å². The van der Waals surface area contributed by atoms with Crippen LogP contribution < -0.4 is 15.4 Å². The Balaban J connectivity index is 2.59. The number of nitrogens with one attached hydrogen (secondary N) is 3. The molecule has 0 bridgehead atoms. The number of rotatable bonds is 6. The van der Waals surface area contributed by atoms with Gasteiger partial charge in [-0.15, -0.1) is 0 Å². The standard InChI is InChI=1S/C13H28N4O3S/c1-12(2,16-21(5,19)20)10-15-11(18)13(3,4)17-8-6-14-7-9-17/h14,16H,6-10H2,1-5H3,(H,15,18). The van der Waals surface area contributed by atoms with Crippen LogP contribution in [0.2, 0.25) is 0 Å². The number of amides is 1. The van der Waals surface area contributed by atoms with Gasteiger partial charge in [0.05, 0.1) is 11.8 Å². The second-order valence-electron chi connectivity index (χ2n) is 6.74. The number of hydrogen-bond acceptors (Lipinski definition) is 5. The van der Waals surface area contributed by atoms with Crippen molar-refractivity contribution in [3.8, 4) is 0 Å². The molecule has 0 saturated carbocycles. The van der Waals surface area contributed by atoms with Gasteiger partial charge in [-0.05, 0) is 27.7 Å². The second-order valence-corrected chi connectivity index (χ2v) is 8.49. The van der Waals surface area contributed by atoms with E-state index in [-0.39, 0.29) is 12.5 Å². The van der Waals surface area contributed by atoms with Crippen LogP contribution in [-0.4, -0.2) is 69.3 Å². The molecule has 0 aliphatic carbocycles. The zero-order valence-corrected chi connectivity index (χ0v) is 14.4. The number of carbonyl (C=O) groups is 1. The summed E-state index contributed by atoms with van der Waals surface area (Å²) >= 11 is 0. The van der Waals surface area contributed by atoms with Crippen LogP contribution in [0.1, 0.15) is 27.7 Å². The van der Waals surface area contributed by atoms with Gasteiger partial charge in [0, 0.05) is 38.3 Å². The molecular formula is C13H28N4O3S. The summed E-state index contributed by atoms with van der Waals surface area (Å²) in [5.41, 5.74) is -1.33. The molecule has 0 aromatic rings. The molecule has 124 valence electrons. The van der Waals surface area contributed by atoms with E-state index in [4.69, 9.17) is 0 Å². The Morgan fingerprint density at radius 3 is 2.19 bits per heavy atom. The molecule has 1 heterocycles. The monoisotopic (exact) mass is 320 g/mol. The molecule has 1 rings (SSSR count). The summed E-state index contributed by atoms with van der Waals surface area (Å²) in [5, 5.41) is 6.11. The number of nitrogens with zero attached hydrogens (tertiary/aromatic N) is 1. The summed E-state index contributed by atoms with van der Waals surface area (Å²) in [7, 11) is -3.31. The van der Waals surface area contributed by atoms with Crippen molar-refractivity contribution >= 4 is 15.9 Å². The van der Waals surface area contributed by atoms with Crippen molar-refractivity contribution in [2.45, 2.75) is 38.8 Å². The highest BCUT2D eigenvalue weighted by Crippen LogP contribution is 2.15. The van der Waals surface area contributed by atoms with Gasteiger partial charge in [0.2, 0.25) is 15.9 Å². The van der Waals surface area contributed by atoms with Crippen molar-refractivity contribution in [2.24, 2.45) is 0 Å². The first-order valence-corrected chi connectivity index (χ1v) is 9.06. The average molecular weight is 320 g/mol.